The van der Waals surface area contributed by atoms with Crippen LogP contribution in [0.4, 0.5) is 11.4 Å². The Morgan fingerprint density at radius 2 is 2.11 bits per heavy atom. The molecule has 1 aromatic rings. The van der Waals surface area contributed by atoms with Gasteiger partial charge in [0.1, 0.15) is 0 Å². The number of para-hydroxylation sites is 1. The van der Waals surface area contributed by atoms with Gasteiger partial charge in [-0.25, -0.2) is 8.42 Å². The highest BCUT2D eigenvalue weighted by molar-refractivity contribution is 8.00. The Balaban J connectivity index is 2.19. The maximum absolute atomic E-state index is 11.6. The smallest absolute Gasteiger partial charge is 0.177 e. The minimum atomic E-state index is -3.27. The van der Waals surface area contributed by atoms with E-state index >= 15 is 0 Å². The number of nitrogens with two attached hydrogens (primary N) is 1. The first kappa shape index (κ1) is 13.5. The van der Waals surface area contributed by atoms with Crippen LogP contribution in [-0.2, 0) is 9.84 Å². The van der Waals surface area contributed by atoms with Crippen LogP contribution >= 0.6 is 11.8 Å². The summed E-state index contributed by atoms with van der Waals surface area (Å²) in [5.74, 6) is 0. The van der Waals surface area contributed by atoms with Crippen LogP contribution in [-0.4, -0.2) is 32.2 Å². The molecule has 1 aliphatic carbocycles. The lowest BCUT2D eigenvalue weighted by Crippen LogP contribution is -2.18. The molecule has 1 aromatic carbocycles. The number of thioether (sulfide) groups is 1. The molecule has 100 valence electrons. The van der Waals surface area contributed by atoms with Gasteiger partial charge < -0.3 is 11.1 Å². The van der Waals surface area contributed by atoms with Crippen LogP contribution in [0.2, 0.25) is 0 Å². The average molecular weight is 286 g/mol. The number of sulfone groups is 1. The summed E-state index contributed by atoms with van der Waals surface area (Å²) >= 11 is 1.85. The van der Waals surface area contributed by atoms with Gasteiger partial charge in [-0.3, -0.25) is 0 Å². The van der Waals surface area contributed by atoms with Crippen LogP contribution < -0.4 is 11.1 Å². The quantitative estimate of drug-likeness (QED) is 0.810. The first-order chi connectivity index (χ1) is 8.38. The van der Waals surface area contributed by atoms with Crippen molar-refractivity contribution in [2.24, 2.45) is 0 Å². The number of nitrogens with one attached hydrogen (secondary N) is 1. The predicted molar refractivity (Wildman–Crippen MR) is 77.9 cm³/mol. The van der Waals surface area contributed by atoms with Crippen molar-refractivity contribution in [3.05, 3.63) is 18.2 Å². The molecule has 0 unspecified atom stereocenters. The molecule has 1 fully saturated rings. The van der Waals surface area contributed by atoms with Crippen LogP contribution in [0.3, 0.4) is 0 Å². The fraction of sp³-hybridized carbons (Fsp3) is 0.500. The van der Waals surface area contributed by atoms with Gasteiger partial charge in [0, 0.05) is 17.5 Å². The lowest BCUT2D eigenvalue weighted by molar-refractivity contribution is 0.602. The van der Waals surface area contributed by atoms with Crippen LogP contribution in [0.5, 0.6) is 0 Å². The van der Waals surface area contributed by atoms with Crippen LogP contribution in [0, 0.1) is 0 Å². The molecule has 0 amide bonds. The fourth-order valence-electron chi connectivity index (χ4n) is 1.87. The largest absolute Gasteiger partial charge is 0.396 e. The number of anilines is 2. The molecule has 0 heterocycles. The molecule has 2 rings (SSSR count). The predicted octanol–water partition coefficient (Wildman–Crippen LogP) is 1.98. The lowest BCUT2D eigenvalue weighted by Gasteiger charge is -2.16. The molecule has 18 heavy (non-hydrogen) atoms. The van der Waals surface area contributed by atoms with E-state index in [4.69, 9.17) is 5.73 Å². The molecule has 0 bridgehead atoms. The SMILES string of the molecule is CSC1(CNc2cccc(S(C)(=O)=O)c2N)CC1. The zero-order valence-corrected chi connectivity index (χ0v) is 12.2. The second-order valence-corrected chi connectivity index (χ2v) is 7.99. The highest BCUT2D eigenvalue weighted by Crippen LogP contribution is 2.47. The van der Waals surface area contributed by atoms with Crippen molar-refractivity contribution < 1.29 is 8.42 Å². The second kappa shape index (κ2) is 4.66. The van der Waals surface area contributed by atoms with Crippen LogP contribution in [0.25, 0.3) is 0 Å². The van der Waals surface area contributed by atoms with Gasteiger partial charge in [-0.15, -0.1) is 0 Å². The Bertz CT molecular complexity index is 551. The van der Waals surface area contributed by atoms with Gasteiger partial charge in [-0.05, 0) is 31.2 Å². The summed E-state index contributed by atoms with van der Waals surface area (Å²) in [6.45, 7) is 0.825. The van der Waals surface area contributed by atoms with Crippen molar-refractivity contribution >= 4 is 33.0 Å². The maximum atomic E-state index is 11.6. The van der Waals surface area contributed by atoms with Crippen molar-refractivity contribution in [1.82, 2.24) is 0 Å². The Labute approximate surface area is 112 Å². The number of hydrogen-bond donors (Lipinski definition) is 2. The summed E-state index contributed by atoms with van der Waals surface area (Å²) < 4.78 is 23.4. The van der Waals surface area contributed by atoms with Crippen molar-refractivity contribution in [3.8, 4) is 0 Å². The highest BCUT2D eigenvalue weighted by atomic mass is 32.2. The fourth-order valence-corrected chi connectivity index (χ4v) is 3.43. The minimum Gasteiger partial charge on any atom is -0.396 e. The number of rotatable bonds is 5. The molecule has 3 N–H and O–H groups in total. The highest BCUT2D eigenvalue weighted by Gasteiger charge is 2.41. The third-order valence-electron chi connectivity index (χ3n) is 3.31. The van der Waals surface area contributed by atoms with Gasteiger partial charge in [0.05, 0.1) is 16.3 Å². The van der Waals surface area contributed by atoms with E-state index in [2.05, 4.69) is 11.6 Å². The summed E-state index contributed by atoms with van der Waals surface area (Å²) in [5.41, 5.74) is 6.94. The van der Waals surface area contributed by atoms with Gasteiger partial charge in [-0.1, -0.05) is 6.07 Å². The Kier molecular flexibility index (Phi) is 3.51. The van der Waals surface area contributed by atoms with Crippen molar-refractivity contribution in [2.45, 2.75) is 22.5 Å². The van der Waals surface area contributed by atoms with E-state index < -0.39 is 9.84 Å². The molecule has 0 aromatic heterocycles. The normalized spacial score (nSPS) is 17.4. The molecule has 4 nitrogen and oxygen atoms in total. The summed E-state index contributed by atoms with van der Waals surface area (Å²) in [7, 11) is -3.27. The van der Waals surface area contributed by atoms with Crippen molar-refractivity contribution in [1.29, 1.82) is 0 Å². The molecule has 1 aliphatic rings. The van der Waals surface area contributed by atoms with E-state index in [0.717, 1.165) is 6.54 Å². The van der Waals surface area contributed by atoms with E-state index in [1.165, 1.54) is 25.2 Å². The number of benzene rings is 1. The second-order valence-electron chi connectivity index (χ2n) is 4.73. The Hall–Kier alpha value is -0.880. The van der Waals surface area contributed by atoms with E-state index in [9.17, 15) is 8.42 Å². The summed E-state index contributed by atoms with van der Waals surface area (Å²) in [6, 6.07) is 5.07. The van der Waals surface area contributed by atoms with Crippen LogP contribution in [0.1, 0.15) is 12.8 Å². The Morgan fingerprint density at radius 3 is 2.61 bits per heavy atom. The topological polar surface area (TPSA) is 72.2 Å². The van der Waals surface area contributed by atoms with Gasteiger partial charge in [0.2, 0.25) is 0 Å². The molecule has 6 heteroatoms. The molecule has 1 saturated carbocycles. The average Bonchev–Trinajstić information content (AvgIpc) is 3.07. The Morgan fingerprint density at radius 1 is 1.44 bits per heavy atom. The van der Waals surface area contributed by atoms with Crippen molar-refractivity contribution in [3.63, 3.8) is 0 Å². The molecule has 0 saturated heterocycles. The third-order valence-corrected chi connectivity index (χ3v) is 5.88. The third kappa shape index (κ3) is 2.75. The number of nitrogen functional groups attached to an aromatic ring is 1. The molecular weight excluding hydrogens is 268 g/mol. The summed E-state index contributed by atoms with van der Waals surface area (Å²) in [6.07, 6.45) is 5.68. The standard InChI is InChI=1S/C12H18N2O2S2/c1-17-12(6-7-12)8-14-9-4-3-5-10(11(9)13)18(2,15)16/h3-5,14H,6-8,13H2,1-2H3. The molecular formula is C12H18N2O2S2. The van der Waals surface area contributed by atoms with Gasteiger partial charge in [0.15, 0.2) is 9.84 Å². The van der Waals surface area contributed by atoms with Crippen LogP contribution in [0.15, 0.2) is 23.1 Å². The lowest BCUT2D eigenvalue weighted by atomic mass is 10.2. The van der Waals surface area contributed by atoms with Crippen molar-refractivity contribution in [2.75, 3.05) is 30.1 Å². The zero-order chi connectivity index (χ0) is 13.4. The van der Waals surface area contributed by atoms with Gasteiger partial charge >= 0.3 is 0 Å². The number of hydrogen-bond acceptors (Lipinski definition) is 5. The van der Waals surface area contributed by atoms with E-state index in [0.29, 0.717) is 16.1 Å². The van der Waals surface area contributed by atoms with Gasteiger partial charge in [-0.2, -0.15) is 11.8 Å². The van der Waals surface area contributed by atoms with E-state index in [1.54, 1.807) is 6.07 Å². The van der Waals surface area contributed by atoms with E-state index in [-0.39, 0.29) is 4.90 Å². The van der Waals surface area contributed by atoms with Gasteiger partial charge in [0.25, 0.3) is 0 Å². The summed E-state index contributed by atoms with van der Waals surface area (Å²) in [5, 5.41) is 3.27. The molecule has 0 aliphatic heterocycles. The summed E-state index contributed by atoms with van der Waals surface area (Å²) in [4.78, 5) is 0.196. The van der Waals surface area contributed by atoms with E-state index in [1.807, 2.05) is 17.8 Å². The first-order valence-electron chi connectivity index (χ1n) is 5.75. The molecule has 0 radical (unpaired) electrons. The maximum Gasteiger partial charge on any atom is 0.177 e. The monoisotopic (exact) mass is 286 g/mol. The zero-order valence-electron chi connectivity index (χ0n) is 10.6. The minimum absolute atomic E-state index is 0.196. The first-order valence-corrected chi connectivity index (χ1v) is 8.87. The molecule has 0 spiro atoms. The molecule has 0 atom stereocenters.